The first-order chi connectivity index (χ1) is 8.88. The summed E-state index contributed by atoms with van der Waals surface area (Å²) >= 11 is 0. The van der Waals surface area contributed by atoms with E-state index in [1.54, 1.807) is 0 Å². The predicted octanol–water partition coefficient (Wildman–Crippen LogP) is 2.21. The van der Waals surface area contributed by atoms with Crippen molar-refractivity contribution in [1.29, 1.82) is 0 Å². The highest BCUT2D eigenvalue weighted by atomic mass is 32.2. The Morgan fingerprint density at radius 1 is 1.21 bits per heavy atom. The lowest BCUT2D eigenvalue weighted by molar-refractivity contribution is -0.138. The molecule has 0 saturated heterocycles. The van der Waals surface area contributed by atoms with Crippen LogP contribution in [0.2, 0.25) is 0 Å². The average Bonchev–Trinajstić information content (AvgIpc) is 2.80. The Bertz CT molecular complexity index is 640. The second-order valence-corrected chi connectivity index (χ2v) is 4.83. The van der Waals surface area contributed by atoms with Gasteiger partial charge in [-0.1, -0.05) is 12.1 Å². The monoisotopic (exact) mass is 290 g/mol. The quantitative estimate of drug-likeness (QED) is 0.852. The molecule has 0 amide bonds. The molecule has 102 valence electrons. The number of nitrogens with zero attached hydrogens (tertiary/aromatic N) is 1. The minimum Gasteiger partial charge on any atom is -0.285 e. The molecule has 1 aromatic heterocycles. The third-order valence-electron chi connectivity index (χ3n) is 2.55. The lowest BCUT2D eigenvalue weighted by Crippen LogP contribution is -2.09. The molecule has 0 aliphatic heterocycles. The first kappa shape index (κ1) is 13.6. The van der Waals surface area contributed by atoms with Crippen molar-refractivity contribution in [3.8, 4) is 11.1 Å². The fraction of sp³-hybridized carbons (Fsp3) is 0.182. The van der Waals surface area contributed by atoms with Crippen LogP contribution in [0.1, 0.15) is 11.1 Å². The molecule has 1 heterocycles. The van der Waals surface area contributed by atoms with E-state index in [9.17, 15) is 21.6 Å². The van der Waals surface area contributed by atoms with Crippen molar-refractivity contribution in [3.63, 3.8) is 0 Å². The minimum atomic E-state index is -4.60. The van der Waals surface area contributed by atoms with E-state index in [-0.39, 0.29) is 5.56 Å². The number of hydrogen-bond donors (Lipinski definition) is 2. The summed E-state index contributed by atoms with van der Waals surface area (Å²) in [7, 11) is -2.91. The normalized spacial score (nSPS) is 12.0. The van der Waals surface area contributed by atoms with Gasteiger partial charge in [0.2, 0.25) is 0 Å². The number of thiol groups is 1. The molecular weight excluding hydrogens is 281 g/mol. The zero-order valence-electron chi connectivity index (χ0n) is 9.44. The van der Waals surface area contributed by atoms with Crippen LogP contribution >= 0.6 is 0 Å². The zero-order valence-corrected chi connectivity index (χ0v) is 10.3. The lowest BCUT2D eigenvalue weighted by atomic mass is 10.0. The van der Waals surface area contributed by atoms with Gasteiger partial charge >= 0.3 is 6.18 Å². The smallest absolute Gasteiger partial charge is 0.285 e. The number of aromatic amines is 1. The van der Waals surface area contributed by atoms with Gasteiger partial charge in [-0.2, -0.15) is 18.3 Å². The van der Waals surface area contributed by atoms with Crippen molar-refractivity contribution in [2.75, 3.05) is 0 Å². The fourth-order valence-electron chi connectivity index (χ4n) is 1.71. The van der Waals surface area contributed by atoms with Gasteiger partial charge in [0.1, 0.15) is 10.7 Å². The summed E-state index contributed by atoms with van der Waals surface area (Å²) in [4.78, 5) is 0. The van der Waals surface area contributed by atoms with Gasteiger partial charge in [-0.25, -0.2) is 8.42 Å². The molecule has 0 saturated carbocycles. The van der Waals surface area contributed by atoms with Crippen LogP contribution in [0.15, 0.2) is 30.6 Å². The molecule has 0 bridgehead atoms. The fourth-order valence-corrected chi connectivity index (χ4v) is 2.26. The topological polar surface area (TPSA) is 62.8 Å². The molecule has 0 aliphatic rings. The van der Waals surface area contributed by atoms with Crippen LogP contribution < -0.4 is 0 Å². The Labute approximate surface area is 108 Å². The Hall–Kier alpha value is -1.83. The maximum atomic E-state index is 12.9. The van der Waals surface area contributed by atoms with Gasteiger partial charge < -0.3 is 0 Å². The van der Waals surface area contributed by atoms with Crippen molar-refractivity contribution < 1.29 is 21.6 Å². The summed E-state index contributed by atoms with van der Waals surface area (Å²) in [6.07, 6.45) is -1.74. The molecule has 0 atom stereocenters. The summed E-state index contributed by atoms with van der Waals surface area (Å²) in [5, 5.41) is 6.16. The summed E-state index contributed by atoms with van der Waals surface area (Å²) in [5.41, 5.74) is -0.365. The van der Waals surface area contributed by atoms with E-state index in [0.29, 0.717) is 11.1 Å². The van der Waals surface area contributed by atoms with E-state index >= 15 is 0 Å². The van der Waals surface area contributed by atoms with Crippen molar-refractivity contribution in [1.82, 2.24) is 10.2 Å². The molecular formula is C11H9F3N2O2S. The summed E-state index contributed by atoms with van der Waals surface area (Å²) < 4.78 is 59.9. The molecule has 0 aliphatic carbocycles. The van der Waals surface area contributed by atoms with E-state index in [1.807, 2.05) is 0 Å². The minimum absolute atomic E-state index is 0.254. The average molecular weight is 290 g/mol. The van der Waals surface area contributed by atoms with Gasteiger partial charge in [0.05, 0.1) is 17.5 Å². The summed E-state index contributed by atoms with van der Waals surface area (Å²) in [5.74, 6) is -0.629. The highest BCUT2D eigenvalue weighted by molar-refractivity contribution is 7.71. The Morgan fingerprint density at radius 3 is 2.47 bits per heavy atom. The van der Waals surface area contributed by atoms with Crippen molar-refractivity contribution >= 4 is 10.7 Å². The van der Waals surface area contributed by atoms with Crippen molar-refractivity contribution in [2.24, 2.45) is 0 Å². The van der Waals surface area contributed by atoms with Crippen LogP contribution in [-0.2, 0) is 22.6 Å². The Balaban J connectivity index is 2.54. The first-order valence-corrected chi connectivity index (χ1v) is 6.55. The largest absolute Gasteiger partial charge is 0.416 e. The second-order valence-electron chi connectivity index (χ2n) is 3.85. The van der Waals surface area contributed by atoms with E-state index in [1.165, 1.54) is 24.5 Å². The third kappa shape index (κ3) is 3.14. The molecule has 2 aromatic rings. The summed E-state index contributed by atoms with van der Waals surface area (Å²) in [6.45, 7) is 0. The molecule has 0 unspecified atom stereocenters. The zero-order chi connectivity index (χ0) is 14.0. The SMILES string of the molecule is O=[SH](=O)Cc1ccc(-c2cn[nH]c2)cc1C(F)(F)F. The Morgan fingerprint density at radius 2 is 1.95 bits per heavy atom. The standard InChI is InChI=1S/C11H9F3N2O2S/c12-11(13,14)10-3-7(9-4-15-16-5-9)1-2-8(10)6-19(17)18/h1-5,19H,6H2,(H,15,16). The molecule has 19 heavy (non-hydrogen) atoms. The number of rotatable bonds is 3. The number of H-pyrrole nitrogens is 1. The van der Waals surface area contributed by atoms with Crippen LogP contribution in [0.3, 0.4) is 0 Å². The maximum absolute atomic E-state index is 12.9. The third-order valence-corrected chi connectivity index (χ3v) is 3.15. The predicted molar refractivity (Wildman–Crippen MR) is 63.0 cm³/mol. The van der Waals surface area contributed by atoms with Gasteiger partial charge in [-0.15, -0.1) is 0 Å². The van der Waals surface area contributed by atoms with E-state index < -0.39 is 28.2 Å². The number of hydrogen-bond acceptors (Lipinski definition) is 3. The van der Waals surface area contributed by atoms with Gasteiger partial charge in [0.25, 0.3) is 0 Å². The van der Waals surface area contributed by atoms with Gasteiger partial charge in [-0.3, -0.25) is 5.10 Å². The highest BCUT2D eigenvalue weighted by Gasteiger charge is 2.33. The number of alkyl halides is 3. The van der Waals surface area contributed by atoms with Crippen LogP contribution in [0, 0.1) is 0 Å². The molecule has 1 N–H and O–H groups in total. The van der Waals surface area contributed by atoms with E-state index in [4.69, 9.17) is 0 Å². The van der Waals surface area contributed by atoms with Crippen molar-refractivity contribution in [2.45, 2.75) is 11.9 Å². The molecule has 0 spiro atoms. The molecule has 2 rings (SSSR count). The Kier molecular flexibility index (Phi) is 3.61. The molecule has 8 heteroatoms. The molecule has 4 nitrogen and oxygen atoms in total. The lowest BCUT2D eigenvalue weighted by Gasteiger charge is -2.12. The van der Waals surface area contributed by atoms with Crippen molar-refractivity contribution in [3.05, 3.63) is 41.7 Å². The van der Waals surface area contributed by atoms with Crippen LogP contribution in [0.4, 0.5) is 13.2 Å². The van der Waals surface area contributed by atoms with Crippen LogP contribution in [-0.4, -0.2) is 18.6 Å². The first-order valence-electron chi connectivity index (χ1n) is 5.19. The summed E-state index contributed by atoms with van der Waals surface area (Å²) in [6, 6.07) is 3.55. The van der Waals surface area contributed by atoms with Gasteiger partial charge in [-0.05, 0) is 17.2 Å². The molecule has 1 aromatic carbocycles. The van der Waals surface area contributed by atoms with Gasteiger partial charge in [0, 0.05) is 11.8 Å². The molecule has 0 radical (unpaired) electrons. The van der Waals surface area contributed by atoms with E-state index in [2.05, 4.69) is 10.2 Å². The van der Waals surface area contributed by atoms with Gasteiger partial charge in [0.15, 0.2) is 0 Å². The number of aromatic nitrogens is 2. The number of halogens is 3. The second kappa shape index (κ2) is 5.04. The van der Waals surface area contributed by atoms with E-state index in [0.717, 1.165) is 6.07 Å². The number of benzene rings is 1. The van der Waals surface area contributed by atoms with Crippen LogP contribution in [0.25, 0.3) is 11.1 Å². The highest BCUT2D eigenvalue weighted by Crippen LogP contribution is 2.35. The molecule has 0 fully saturated rings. The number of nitrogens with one attached hydrogen (secondary N) is 1. The maximum Gasteiger partial charge on any atom is 0.416 e. The van der Waals surface area contributed by atoms with Crippen LogP contribution in [0.5, 0.6) is 0 Å².